The highest BCUT2D eigenvalue weighted by Crippen LogP contribution is 2.28. The first-order valence-corrected chi connectivity index (χ1v) is 11.0. The molecule has 2 N–H and O–H groups in total. The van der Waals surface area contributed by atoms with Crippen LogP contribution in [0.2, 0.25) is 0 Å². The van der Waals surface area contributed by atoms with E-state index >= 15 is 0 Å². The lowest BCUT2D eigenvalue weighted by Gasteiger charge is -2.09. The number of amides is 1. The molecule has 0 radical (unpaired) electrons. The fourth-order valence-electron chi connectivity index (χ4n) is 3.71. The summed E-state index contributed by atoms with van der Waals surface area (Å²) in [6.45, 7) is 1.96. The van der Waals surface area contributed by atoms with E-state index in [1.807, 2.05) is 91.9 Å². The molecule has 5 rings (SSSR count). The Morgan fingerprint density at radius 3 is 2.53 bits per heavy atom. The molecule has 4 aromatic carbocycles. The number of carbonyl (C=O) groups is 1. The molecule has 1 amide bonds. The Morgan fingerprint density at radius 1 is 0.853 bits per heavy atom. The third kappa shape index (κ3) is 4.89. The minimum Gasteiger partial charge on any atom is -0.457 e. The van der Waals surface area contributed by atoms with Gasteiger partial charge in [-0.25, -0.2) is 0 Å². The SMILES string of the molecule is Cc1cccc(C(=O)Nc2cccc(Oc3ccc4c(/C=C/c5ccccc5)n[nH]c4c3)c2)c1. The van der Waals surface area contributed by atoms with Crippen LogP contribution in [0.4, 0.5) is 5.69 Å². The van der Waals surface area contributed by atoms with E-state index in [1.54, 1.807) is 12.1 Å². The molecular weight excluding hydrogens is 422 g/mol. The normalized spacial score (nSPS) is 11.1. The number of aryl methyl sites for hydroxylation is 1. The average molecular weight is 446 g/mol. The van der Waals surface area contributed by atoms with E-state index in [-0.39, 0.29) is 5.91 Å². The van der Waals surface area contributed by atoms with E-state index in [4.69, 9.17) is 4.74 Å². The number of H-pyrrole nitrogens is 1. The van der Waals surface area contributed by atoms with E-state index in [2.05, 4.69) is 27.6 Å². The molecule has 5 nitrogen and oxygen atoms in total. The number of nitrogens with one attached hydrogen (secondary N) is 2. The maximum Gasteiger partial charge on any atom is 0.255 e. The number of fused-ring (bicyclic) bond motifs is 1. The molecule has 0 fully saturated rings. The number of nitrogens with zero attached hydrogens (tertiary/aromatic N) is 1. The van der Waals surface area contributed by atoms with Crippen LogP contribution in [0.1, 0.15) is 27.2 Å². The lowest BCUT2D eigenvalue weighted by molar-refractivity contribution is 0.102. The van der Waals surface area contributed by atoms with Crippen LogP contribution in [0.15, 0.2) is 97.1 Å². The number of aromatic amines is 1. The van der Waals surface area contributed by atoms with Gasteiger partial charge in [0.15, 0.2) is 0 Å². The van der Waals surface area contributed by atoms with Gasteiger partial charge in [-0.1, -0.05) is 60.2 Å². The molecule has 1 heterocycles. The van der Waals surface area contributed by atoms with E-state index in [1.165, 1.54) is 0 Å². The zero-order chi connectivity index (χ0) is 23.3. The summed E-state index contributed by atoms with van der Waals surface area (Å²) in [7, 11) is 0. The zero-order valence-electron chi connectivity index (χ0n) is 18.7. The number of carbonyl (C=O) groups excluding carboxylic acids is 1. The first-order valence-electron chi connectivity index (χ1n) is 11.0. The molecule has 5 aromatic rings. The van der Waals surface area contributed by atoms with Crippen LogP contribution in [0.3, 0.4) is 0 Å². The van der Waals surface area contributed by atoms with Gasteiger partial charge >= 0.3 is 0 Å². The highest BCUT2D eigenvalue weighted by atomic mass is 16.5. The Labute approximate surface area is 197 Å². The van der Waals surface area contributed by atoms with Crippen LogP contribution in [-0.4, -0.2) is 16.1 Å². The summed E-state index contributed by atoms with van der Waals surface area (Å²) >= 11 is 0. The van der Waals surface area contributed by atoms with Crippen LogP contribution in [0.5, 0.6) is 11.5 Å². The lowest BCUT2D eigenvalue weighted by Crippen LogP contribution is -2.11. The first-order chi connectivity index (χ1) is 16.6. The largest absolute Gasteiger partial charge is 0.457 e. The van der Waals surface area contributed by atoms with Gasteiger partial charge in [-0.05, 0) is 55.0 Å². The number of anilines is 1. The minimum absolute atomic E-state index is 0.157. The second-order valence-corrected chi connectivity index (χ2v) is 8.01. The van der Waals surface area contributed by atoms with Crippen molar-refractivity contribution in [2.75, 3.05) is 5.32 Å². The van der Waals surface area contributed by atoms with Gasteiger partial charge in [0.1, 0.15) is 11.5 Å². The predicted octanol–water partition coefficient (Wildman–Crippen LogP) is 7.09. The number of benzene rings is 4. The van der Waals surface area contributed by atoms with Crippen molar-refractivity contribution in [3.05, 3.63) is 119 Å². The maximum absolute atomic E-state index is 12.6. The van der Waals surface area contributed by atoms with Crippen molar-refractivity contribution >= 4 is 34.6 Å². The van der Waals surface area contributed by atoms with Crippen molar-refractivity contribution in [3.8, 4) is 11.5 Å². The summed E-state index contributed by atoms with van der Waals surface area (Å²) in [5.74, 6) is 1.15. The fourth-order valence-corrected chi connectivity index (χ4v) is 3.71. The Bertz CT molecular complexity index is 1490. The van der Waals surface area contributed by atoms with Crippen molar-refractivity contribution < 1.29 is 9.53 Å². The quantitative estimate of drug-likeness (QED) is 0.293. The monoisotopic (exact) mass is 445 g/mol. The van der Waals surface area contributed by atoms with Gasteiger partial charge in [0.05, 0.1) is 11.2 Å². The van der Waals surface area contributed by atoms with Crippen molar-refractivity contribution in [1.82, 2.24) is 10.2 Å². The summed E-state index contributed by atoms with van der Waals surface area (Å²) in [4.78, 5) is 12.6. The van der Waals surface area contributed by atoms with Crippen LogP contribution in [0.25, 0.3) is 23.1 Å². The van der Waals surface area contributed by atoms with Crippen molar-refractivity contribution in [3.63, 3.8) is 0 Å². The number of aromatic nitrogens is 2. The fraction of sp³-hybridized carbons (Fsp3) is 0.0345. The van der Waals surface area contributed by atoms with Gasteiger partial charge in [0.2, 0.25) is 0 Å². The van der Waals surface area contributed by atoms with Crippen LogP contribution in [0, 0.1) is 6.92 Å². The van der Waals surface area contributed by atoms with Gasteiger partial charge in [-0.15, -0.1) is 0 Å². The molecule has 0 atom stereocenters. The first kappa shape index (κ1) is 21.2. The summed E-state index contributed by atoms with van der Waals surface area (Å²) in [6, 6.07) is 30.8. The van der Waals surface area contributed by atoms with E-state index < -0.39 is 0 Å². The molecule has 1 aromatic heterocycles. The molecule has 5 heteroatoms. The highest BCUT2D eigenvalue weighted by Gasteiger charge is 2.09. The topological polar surface area (TPSA) is 67.0 Å². The Hall–Kier alpha value is -4.64. The minimum atomic E-state index is -0.157. The van der Waals surface area contributed by atoms with Gasteiger partial charge in [0, 0.05) is 28.8 Å². The molecule has 0 saturated heterocycles. The average Bonchev–Trinajstić information content (AvgIpc) is 3.26. The van der Waals surface area contributed by atoms with Crippen molar-refractivity contribution in [1.29, 1.82) is 0 Å². The van der Waals surface area contributed by atoms with Gasteiger partial charge in [-0.2, -0.15) is 5.10 Å². The molecule has 0 unspecified atom stereocenters. The molecular formula is C29H23N3O2. The lowest BCUT2D eigenvalue weighted by atomic mass is 10.1. The zero-order valence-corrected chi connectivity index (χ0v) is 18.7. The molecule has 166 valence electrons. The van der Waals surface area contributed by atoms with Gasteiger partial charge < -0.3 is 10.1 Å². The summed E-state index contributed by atoms with van der Waals surface area (Å²) < 4.78 is 6.05. The van der Waals surface area contributed by atoms with Gasteiger partial charge in [-0.3, -0.25) is 9.89 Å². The Kier molecular flexibility index (Phi) is 5.91. The van der Waals surface area contributed by atoms with E-state index in [0.29, 0.717) is 22.7 Å². The summed E-state index contributed by atoms with van der Waals surface area (Å²) in [6.07, 6.45) is 4.03. The second kappa shape index (κ2) is 9.46. The van der Waals surface area contributed by atoms with E-state index in [9.17, 15) is 4.79 Å². The molecule has 34 heavy (non-hydrogen) atoms. The highest BCUT2D eigenvalue weighted by molar-refractivity contribution is 6.04. The standard InChI is InChI=1S/C29H23N3O2/c1-20-7-5-10-22(17-20)29(33)30-23-11-6-12-24(18-23)34-25-14-15-26-27(31-32-28(26)19-25)16-13-21-8-3-2-4-9-21/h2-19H,1H3,(H,30,33)(H,31,32)/b16-13+. The second-order valence-electron chi connectivity index (χ2n) is 8.01. The van der Waals surface area contributed by atoms with Crippen LogP contribution in [-0.2, 0) is 0 Å². The van der Waals surface area contributed by atoms with E-state index in [0.717, 1.165) is 27.7 Å². The maximum atomic E-state index is 12.6. The molecule has 0 spiro atoms. The predicted molar refractivity (Wildman–Crippen MR) is 137 cm³/mol. The molecule has 0 aliphatic heterocycles. The van der Waals surface area contributed by atoms with Gasteiger partial charge in [0.25, 0.3) is 5.91 Å². The smallest absolute Gasteiger partial charge is 0.255 e. The number of hydrogen-bond acceptors (Lipinski definition) is 3. The van der Waals surface area contributed by atoms with Crippen molar-refractivity contribution in [2.24, 2.45) is 0 Å². The molecule has 0 bridgehead atoms. The third-order valence-electron chi connectivity index (χ3n) is 5.40. The molecule has 0 aliphatic carbocycles. The third-order valence-corrected chi connectivity index (χ3v) is 5.40. The summed E-state index contributed by atoms with van der Waals surface area (Å²) in [5.41, 5.74) is 5.19. The Balaban J connectivity index is 1.30. The van der Waals surface area contributed by atoms with Crippen LogP contribution >= 0.6 is 0 Å². The number of hydrogen-bond donors (Lipinski definition) is 2. The number of rotatable bonds is 6. The van der Waals surface area contributed by atoms with Crippen molar-refractivity contribution in [2.45, 2.75) is 6.92 Å². The molecule has 0 saturated carbocycles. The summed E-state index contributed by atoms with van der Waals surface area (Å²) in [5, 5.41) is 11.4. The molecule has 0 aliphatic rings. The Morgan fingerprint density at radius 2 is 1.68 bits per heavy atom. The number of ether oxygens (including phenoxy) is 1. The van der Waals surface area contributed by atoms with Crippen LogP contribution < -0.4 is 10.1 Å².